The van der Waals surface area contributed by atoms with Crippen LogP contribution >= 0.6 is 0 Å². The van der Waals surface area contributed by atoms with E-state index in [4.69, 9.17) is 0 Å². The van der Waals surface area contributed by atoms with E-state index in [1.54, 1.807) is 7.05 Å². The lowest BCUT2D eigenvalue weighted by Crippen LogP contribution is -2.17. The van der Waals surface area contributed by atoms with Gasteiger partial charge in [0.1, 0.15) is 0 Å². The van der Waals surface area contributed by atoms with Crippen LogP contribution in [-0.2, 0) is 6.18 Å². The number of rotatable bonds is 4. The zero-order chi connectivity index (χ0) is 12.2. The lowest BCUT2D eigenvalue weighted by molar-refractivity contribution is -0.137. The summed E-state index contributed by atoms with van der Waals surface area (Å²) >= 11 is 0. The van der Waals surface area contributed by atoms with Gasteiger partial charge in [-0.15, -0.1) is 0 Å². The Morgan fingerprint density at radius 1 is 1.38 bits per heavy atom. The van der Waals surface area contributed by atoms with Crippen molar-refractivity contribution in [3.63, 3.8) is 0 Å². The standard InChI is InChI=1S/C11H15F3N2/c1-3-4-9(15-2)10-6-5-8(7-16-10)11(12,13)14/h5-7,9,15H,3-4H2,1-2H3. The fourth-order valence-corrected chi connectivity index (χ4v) is 1.51. The molecular weight excluding hydrogens is 217 g/mol. The molecule has 0 amide bonds. The van der Waals surface area contributed by atoms with Crippen LogP contribution in [0.2, 0.25) is 0 Å². The monoisotopic (exact) mass is 232 g/mol. The molecule has 1 aromatic heterocycles. The molecule has 1 aromatic rings. The molecule has 5 heteroatoms. The Morgan fingerprint density at radius 3 is 2.44 bits per heavy atom. The molecule has 90 valence electrons. The second kappa shape index (κ2) is 5.30. The molecule has 0 saturated heterocycles. The number of hydrogen-bond donors (Lipinski definition) is 1. The van der Waals surface area contributed by atoms with Gasteiger partial charge in [-0.3, -0.25) is 4.98 Å². The lowest BCUT2D eigenvalue weighted by Gasteiger charge is -2.15. The number of nitrogens with one attached hydrogen (secondary N) is 1. The molecule has 0 saturated carbocycles. The van der Waals surface area contributed by atoms with Gasteiger partial charge in [-0.25, -0.2) is 0 Å². The van der Waals surface area contributed by atoms with Crippen molar-refractivity contribution in [3.8, 4) is 0 Å². The Labute approximate surface area is 92.9 Å². The van der Waals surface area contributed by atoms with E-state index in [-0.39, 0.29) is 6.04 Å². The summed E-state index contributed by atoms with van der Waals surface area (Å²) in [6, 6.07) is 2.52. The molecular formula is C11H15F3N2. The summed E-state index contributed by atoms with van der Waals surface area (Å²) in [6.45, 7) is 2.02. The molecule has 1 atom stereocenters. The lowest BCUT2D eigenvalue weighted by atomic mass is 10.1. The fraction of sp³-hybridized carbons (Fsp3) is 0.545. The molecule has 1 unspecified atom stereocenters. The number of nitrogens with zero attached hydrogens (tertiary/aromatic N) is 1. The molecule has 0 bridgehead atoms. The second-order valence-electron chi connectivity index (χ2n) is 3.60. The summed E-state index contributed by atoms with van der Waals surface area (Å²) in [6.07, 6.45) is -1.62. The van der Waals surface area contributed by atoms with Crippen LogP contribution in [0.5, 0.6) is 0 Å². The molecule has 2 nitrogen and oxygen atoms in total. The maximum Gasteiger partial charge on any atom is 0.417 e. The molecule has 1 rings (SSSR count). The van der Waals surface area contributed by atoms with Gasteiger partial charge in [0.2, 0.25) is 0 Å². The molecule has 1 heterocycles. The van der Waals surface area contributed by atoms with Crippen LogP contribution in [0.4, 0.5) is 13.2 Å². The first-order valence-electron chi connectivity index (χ1n) is 5.19. The molecule has 0 spiro atoms. The van der Waals surface area contributed by atoms with Crippen molar-refractivity contribution in [2.45, 2.75) is 32.0 Å². The Morgan fingerprint density at radius 2 is 2.06 bits per heavy atom. The van der Waals surface area contributed by atoms with E-state index in [1.165, 1.54) is 6.07 Å². The van der Waals surface area contributed by atoms with Crippen molar-refractivity contribution in [2.24, 2.45) is 0 Å². The van der Waals surface area contributed by atoms with Crippen LogP contribution in [0.25, 0.3) is 0 Å². The van der Waals surface area contributed by atoms with E-state index in [9.17, 15) is 13.2 Å². The highest BCUT2D eigenvalue weighted by Crippen LogP contribution is 2.29. The topological polar surface area (TPSA) is 24.9 Å². The highest BCUT2D eigenvalue weighted by Gasteiger charge is 2.30. The van der Waals surface area contributed by atoms with Crippen LogP contribution < -0.4 is 5.32 Å². The van der Waals surface area contributed by atoms with E-state index in [0.29, 0.717) is 5.69 Å². The first-order valence-corrected chi connectivity index (χ1v) is 5.19. The average Bonchev–Trinajstić information content (AvgIpc) is 2.25. The SMILES string of the molecule is CCCC(NC)c1ccc(C(F)(F)F)cn1. The van der Waals surface area contributed by atoms with E-state index in [1.807, 2.05) is 6.92 Å². The Balaban J connectivity index is 2.85. The number of pyridine rings is 1. The molecule has 0 aliphatic carbocycles. The molecule has 0 radical (unpaired) electrons. The van der Waals surface area contributed by atoms with E-state index in [2.05, 4.69) is 10.3 Å². The first-order chi connectivity index (χ1) is 7.49. The maximum atomic E-state index is 12.3. The summed E-state index contributed by atoms with van der Waals surface area (Å²) in [5, 5.41) is 3.03. The van der Waals surface area contributed by atoms with E-state index in [0.717, 1.165) is 25.1 Å². The molecule has 0 aromatic carbocycles. The van der Waals surface area contributed by atoms with Gasteiger partial charge in [0.05, 0.1) is 11.3 Å². The normalized spacial score (nSPS) is 13.8. The van der Waals surface area contributed by atoms with E-state index >= 15 is 0 Å². The molecule has 1 N–H and O–H groups in total. The van der Waals surface area contributed by atoms with Crippen molar-refractivity contribution in [2.75, 3.05) is 7.05 Å². The number of aromatic nitrogens is 1. The van der Waals surface area contributed by atoms with Crippen LogP contribution in [0.3, 0.4) is 0 Å². The van der Waals surface area contributed by atoms with Gasteiger partial charge in [0.25, 0.3) is 0 Å². The average molecular weight is 232 g/mol. The summed E-state index contributed by atoms with van der Waals surface area (Å²) < 4.78 is 36.9. The third-order valence-corrected chi connectivity index (χ3v) is 2.40. The molecule has 16 heavy (non-hydrogen) atoms. The number of alkyl halides is 3. The number of hydrogen-bond acceptors (Lipinski definition) is 2. The van der Waals surface area contributed by atoms with Gasteiger partial charge in [-0.2, -0.15) is 13.2 Å². The maximum absolute atomic E-state index is 12.3. The summed E-state index contributed by atoms with van der Waals surface area (Å²) in [5.74, 6) is 0. The van der Waals surface area contributed by atoms with Crippen molar-refractivity contribution >= 4 is 0 Å². The Hall–Kier alpha value is -1.10. The van der Waals surface area contributed by atoms with Gasteiger partial charge in [0, 0.05) is 12.2 Å². The quantitative estimate of drug-likeness (QED) is 0.862. The van der Waals surface area contributed by atoms with Crippen LogP contribution in [0.15, 0.2) is 18.3 Å². The summed E-state index contributed by atoms with van der Waals surface area (Å²) in [4.78, 5) is 3.85. The zero-order valence-corrected chi connectivity index (χ0v) is 9.30. The molecule has 0 fully saturated rings. The first kappa shape index (κ1) is 13.0. The Bertz CT molecular complexity index is 319. The molecule has 0 aliphatic rings. The second-order valence-corrected chi connectivity index (χ2v) is 3.60. The minimum atomic E-state index is -4.31. The predicted molar refractivity (Wildman–Crippen MR) is 55.9 cm³/mol. The summed E-state index contributed by atoms with van der Waals surface area (Å²) in [7, 11) is 1.78. The number of halogens is 3. The van der Waals surface area contributed by atoms with Crippen LogP contribution in [-0.4, -0.2) is 12.0 Å². The zero-order valence-electron chi connectivity index (χ0n) is 9.30. The highest BCUT2D eigenvalue weighted by molar-refractivity contribution is 5.18. The minimum Gasteiger partial charge on any atom is -0.312 e. The van der Waals surface area contributed by atoms with Crippen LogP contribution in [0.1, 0.15) is 37.1 Å². The van der Waals surface area contributed by atoms with Gasteiger partial charge in [0.15, 0.2) is 0 Å². The van der Waals surface area contributed by atoms with E-state index < -0.39 is 11.7 Å². The largest absolute Gasteiger partial charge is 0.417 e. The Kier molecular flexibility index (Phi) is 4.29. The van der Waals surface area contributed by atoms with Crippen molar-refractivity contribution < 1.29 is 13.2 Å². The third-order valence-electron chi connectivity index (χ3n) is 2.40. The third kappa shape index (κ3) is 3.20. The van der Waals surface area contributed by atoms with Crippen molar-refractivity contribution in [3.05, 3.63) is 29.6 Å². The van der Waals surface area contributed by atoms with Crippen LogP contribution in [0, 0.1) is 0 Å². The van der Waals surface area contributed by atoms with Gasteiger partial charge < -0.3 is 5.32 Å². The van der Waals surface area contributed by atoms with Crippen molar-refractivity contribution in [1.29, 1.82) is 0 Å². The fourth-order valence-electron chi connectivity index (χ4n) is 1.51. The van der Waals surface area contributed by atoms with Gasteiger partial charge in [-0.05, 0) is 25.6 Å². The summed E-state index contributed by atoms with van der Waals surface area (Å²) in [5.41, 5.74) is -0.0556. The molecule has 0 aliphatic heterocycles. The minimum absolute atomic E-state index is 0.0206. The van der Waals surface area contributed by atoms with Gasteiger partial charge >= 0.3 is 6.18 Å². The predicted octanol–water partition coefficient (Wildman–Crippen LogP) is 3.16. The van der Waals surface area contributed by atoms with Gasteiger partial charge in [-0.1, -0.05) is 13.3 Å². The smallest absolute Gasteiger partial charge is 0.312 e. The van der Waals surface area contributed by atoms with Crippen molar-refractivity contribution in [1.82, 2.24) is 10.3 Å². The highest BCUT2D eigenvalue weighted by atomic mass is 19.4.